The largest absolute Gasteiger partial charge is 0.497 e. The summed E-state index contributed by atoms with van der Waals surface area (Å²) in [7, 11) is -1.39. The van der Waals surface area contributed by atoms with Crippen LogP contribution in [-0.2, 0) is 14.8 Å². The normalized spacial score (nSPS) is 10.9. The van der Waals surface area contributed by atoms with Crippen LogP contribution in [0.1, 0.15) is 27.6 Å². The maximum Gasteiger partial charge on any atom is 0.340 e. The lowest BCUT2D eigenvalue weighted by Crippen LogP contribution is -2.17. The van der Waals surface area contributed by atoms with Gasteiger partial charge >= 0.3 is 5.97 Å². The third-order valence-corrected chi connectivity index (χ3v) is 7.15. The van der Waals surface area contributed by atoms with Crippen molar-refractivity contribution in [2.24, 2.45) is 0 Å². The fourth-order valence-electron chi connectivity index (χ4n) is 3.21. The molecule has 3 aromatic rings. The summed E-state index contributed by atoms with van der Waals surface area (Å²) in [6.45, 7) is 1.63. The SMILES string of the molecule is CCOc1ccc(NS(=O)(=O)c2cc(C(=O)OCC(=O)c3cc(OC)ccc3OC)c(Cl)cc2Cl)cc1. The first kappa shape index (κ1) is 28.1. The molecular formula is C25H23Cl2NO8S. The van der Waals surface area contributed by atoms with Gasteiger partial charge in [-0.05, 0) is 61.5 Å². The Morgan fingerprint density at radius 1 is 0.865 bits per heavy atom. The Bertz CT molecular complexity index is 1410. The van der Waals surface area contributed by atoms with E-state index in [-0.39, 0.29) is 32.6 Å². The first-order valence-electron chi connectivity index (χ1n) is 10.8. The molecule has 0 heterocycles. The Kier molecular flexibility index (Phi) is 9.25. The molecule has 3 aromatic carbocycles. The van der Waals surface area contributed by atoms with Crippen LogP contribution in [0.4, 0.5) is 5.69 Å². The van der Waals surface area contributed by atoms with Gasteiger partial charge in [0.25, 0.3) is 10.0 Å². The number of benzene rings is 3. The van der Waals surface area contributed by atoms with Gasteiger partial charge in [-0.1, -0.05) is 23.2 Å². The summed E-state index contributed by atoms with van der Waals surface area (Å²) in [4.78, 5) is 25.0. The number of hydrogen-bond acceptors (Lipinski definition) is 8. The lowest BCUT2D eigenvalue weighted by Gasteiger charge is -2.13. The quantitative estimate of drug-likeness (QED) is 0.246. The minimum atomic E-state index is -4.22. The highest BCUT2D eigenvalue weighted by Gasteiger charge is 2.25. The first-order valence-corrected chi connectivity index (χ1v) is 13.0. The molecule has 0 saturated heterocycles. The molecule has 0 unspecified atom stereocenters. The summed E-state index contributed by atoms with van der Waals surface area (Å²) in [5, 5.41) is -0.362. The van der Waals surface area contributed by atoms with Crippen molar-refractivity contribution in [2.45, 2.75) is 11.8 Å². The van der Waals surface area contributed by atoms with E-state index in [0.717, 1.165) is 12.1 Å². The summed E-state index contributed by atoms with van der Waals surface area (Å²) in [6.07, 6.45) is 0. The summed E-state index contributed by atoms with van der Waals surface area (Å²) in [5.41, 5.74) is 0.0969. The van der Waals surface area contributed by atoms with Gasteiger partial charge in [-0.2, -0.15) is 0 Å². The van der Waals surface area contributed by atoms with Crippen LogP contribution in [0.5, 0.6) is 17.2 Å². The number of ether oxygens (including phenoxy) is 4. The minimum Gasteiger partial charge on any atom is -0.497 e. The van der Waals surface area contributed by atoms with Crippen LogP contribution in [-0.4, -0.2) is 47.6 Å². The molecule has 0 atom stereocenters. The van der Waals surface area contributed by atoms with Crippen LogP contribution < -0.4 is 18.9 Å². The highest BCUT2D eigenvalue weighted by molar-refractivity contribution is 7.92. The van der Waals surface area contributed by atoms with Gasteiger partial charge in [0.1, 0.15) is 22.1 Å². The molecule has 37 heavy (non-hydrogen) atoms. The van der Waals surface area contributed by atoms with E-state index in [4.69, 9.17) is 42.1 Å². The average molecular weight is 568 g/mol. The van der Waals surface area contributed by atoms with E-state index in [1.807, 2.05) is 6.92 Å². The molecule has 0 spiro atoms. The van der Waals surface area contributed by atoms with Crippen LogP contribution in [0.2, 0.25) is 10.0 Å². The molecule has 0 radical (unpaired) electrons. The second-order valence-corrected chi connectivity index (χ2v) is 9.86. The lowest BCUT2D eigenvalue weighted by atomic mass is 10.1. The highest BCUT2D eigenvalue weighted by atomic mass is 35.5. The molecule has 0 fully saturated rings. The van der Waals surface area contributed by atoms with Crippen LogP contribution in [0.15, 0.2) is 59.5 Å². The summed E-state index contributed by atoms with van der Waals surface area (Å²) >= 11 is 12.3. The number of carbonyl (C=O) groups excluding carboxylic acids is 2. The standard InChI is InChI=1S/C25H23Cl2NO8S/c1-4-35-16-7-5-15(6-8-16)28-37(31,32)24-12-18(20(26)13-21(24)27)25(30)36-14-22(29)19-11-17(33-2)9-10-23(19)34-3/h5-13,28H,4,14H2,1-3H3. The topological polar surface area (TPSA) is 117 Å². The van der Waals surface area contributed by atoms with Crippen molar-refractivity contribution in [2.75, 3.05) is 32.2 Å². The number of halogens is 2. The number of rotatable bonds is 11. The number of hydrogen-bond donors (Lipinski definition) is 1. The van der Waals surface area contributed by atoms with E-state index in [9.17, 15) is 18.0 Å². The van der Waals surface area contributed by atoms with Crippen molar-refractivity contribution >= 4 is 50.7 Å². The van der Waals surface area contributed by atoms with Gasteiger partial charge < -0.3 is 18.9 Å². The van der Waals surface area contributed by atoms with Crippen LogP contribution in [0, 0.1) is 0 Å². The molecule has 0 bridgehead atoms. The third kappa shape index (κ3) is 6.85. The third-order valence-electron chi connectivity index (χ3n) is 4.99. The molecule has 0 aromatic heterocycles. The van der Waals surface area contributed by atoms with Crippen molar-refractivity contribution < 1.29 is 37.0 Å². The van der Waals surface area contributed by atoms with Crippen molar-refractivity contribution in [1.29, 1.82) is 0 Å². The Labute approximate surface area is 224 Å². The molecule has 9 nitrogen and oxygen atoms in total. The fraction of sp³-hybridized carbons (Fsp3) is 0.200. The number of ketones is 1. The number of methoxy groups -OCH3 is 2. The predicted octanol–water partition coefficient (Wildman–Crippen LogP) is 5.25. The lowest BCUT2D eigenvalue weighted by molar-refractivity contribution is 0.0474. The Hall–Kier alpha value is -3.47. The molecular weight excluding hydrogens is 545 g/mol. The van der Waals surface area contributed by atoms with Gasteiger partial charge in [-0.15, -0.1) is 0 Å². The number of nitrogens with one attached hydrogen (secondary N) is 1. The molecule has 196 valence electrons. The van der Waals surface area contributed by atoms with E-state index in [1.165, 1.54) is 32.4 Å². The predicted molar refractivity (Wildman–Crippen MR) is 139 cm³/mol. The van der Waals surface area contributed by atoms with E-state index >= 15 is 0 Å². The monoisotopic (exact) mass is 567 g/mol. The number of Topliss-reactive ketones (excluding diaryl/α,β-unsaturated/α-hetero) is 1. The molecule has 0 aliphatic rings. The zero-order valence-electron chi connectivity index (χ0n) is 20.0. The summed E-state index contributed by atoms with van der Waals surface area (Å²) < 4.78 is 49.1. The van der Waals surface area contributed by atoms with E-state index in [1.54, 1.807) is 24.3 Å². The van der Waals surface area contributed by atoms with Gasteiger partial charge in [0.15, 0.2) is 6.61 Å². The molecule has 0 aliphatic carbocycles. The van der Waals surface area contributed by atoms with Crippen molar-refractivity contribution in [3.63, 3.8) is 0 Å². The number of esters is 1. The molecule has 12 heteroatoms. The smallest absolute Gasteiger partial charge is 0.340 e. The van der Waals surface area contributed by atoms with Gasteiger partial charge in [0.05, 0.1) is 42.0 Å². The Morgan fingerprint density at radius 3 is 2.16 bits per heavy atom. The summed E-state index contributed by atoms with van der Waals surface area (Å²) in [5.74, 6) is -0.346. The van der Waals surface area contributed by atoms with Crippen LogP contribution in [0.3, 0.4) is 0 Å². The van der Waals surface area contributed by atoms with Crippen LogP contribution >= 0.6 is 23.2 Å². The van der Waals surface area contributed by atoms with Crippen molar-refractivity contribution in [3.8, 4) is 17.2 Å². The molecule has 3 rings (SSSR count). The second-order valence-electron chi connectivity index (χ2n) is 7.39. The zero-order valence-corrected chi connectivity index (χ0v) is 22.4. The average Bonchev–Trinajstić information content (AvgIpc) is 2.87. The maximum absolute atomic E-state index is 13.0. The maximum atomic E-state index is 13.0. The second kappa shape index (κ2) is 12.2. The van der Waals surface area contributed by atoms with Crippen LogP contribution in [0.25, 0.3) is 0 Å². The minimum absolute atomic E-state index is 0.139. The van der Waals surface area contributed by atoms with Crippen molar-refractivity contribution in [1.82, 2.24) is 0 Å². The van der Waals surface area contributed by atoms with Gasteiger partial charge in [0.2, 0.25) is 5.78 Å². The van der Waals surface area contributed by atoms with Gasteiger partial charge in [-0.3, -0.25) is 9.52 Å². The summed E-state index contributed by atoms with van der Waals surface area (Å²) in [6, 6.07) is 12.9. The van der Waals surface area contributed by atoms with E-state index in [0.29, 0.717) is 18.1 Å². The van der Waals surface area contributed by atoms with Gasteiger partial charge in [-0.25, -0.2) is 13.2 Å². The number of carbonyl (C=O) groups is 2. The fourth-order valence-corrected chi connectivity index (χ4v) is 5.12. The molecule has 1 N–H and O–H groups in total. The Morgan fingerprint density at radius 2 is 1.54 bits per heavy atom. The van der Waals surface area contributed by atoms with E-state index in [2.05, 4.69) is 4.72 Å². The Balaban J connectivity index is 1.80. The molecule has 0 amide bonds. The molecule has 0 aliphatic heterocycles. The van der Waals surface area contributed by atoms with E-state index < -0.39 is 33.3 Å². The van der Waals surface area contributed by atoms with Crippen molar-refractivity contribution in [3.05, 3.63) is 75.8 Å². The van der Waals surface area contributed by atoms with Gasteiger partial charge in [0, 0.05) is 5.69 Å². The first-order chi connectivity index (χ1) is 17.6. The zero-order chi connectivity index (χ0) is 27.2. The highest BCUT2D eigenvalue weighted by Crippen LogP contribution is 2.31. The molecule has 0 saturated carbocycles. The number of anilines is 1. The number of sulfonamides is 1.